The number of hydrogen-bond donors (Lipinski definition) is 1. The normalized spacial score (nSPS) is 26.7. The lowest BCUT2D eigenvalue weighted by Gasteiger charge is -2.30. The predicted molar refractivity (Wildman–Crippen MR) is 90.4 cm³/mol. The number of carbonyl (C=O) groups excluding carboxylic acids is 2. The summed E-state index contributed by atoms with van der Waals surface area (Å²) in [4.78, 5) is 26.2. The van der Waals surface area contributed by atoms with Crippen molar-refractivity contribution < 1.29 is 23.1 Å². The number of thioether (sulfide) groups is 1. The molecule has 2 aliphatic heterocycles. The van der Waals surface area contributed by atoms with E-state index >= 15 is 0 Å². The van der Waals surface area contributed by atoms with Crippen molar-refractivity contribution >= 4 is 23.6 Å². The van der Waals surface area contributed by atoms with Gasteiger partial charge >= 0.3 is 6.61 Å². The van der Waals surface area contributed by atoms with Gasteiger partial charge in [-0.2, -0.15) is 8.78 Å². The van der Waals surface area contributed by atoms with E-state index in [4.69, 9.17) is 0 Å². The first-order valence-electron chi connectivity index (χ1n) is 8.11. The third-order valence-corrected chi connectivity index (χ3v) is 6.22. The summed E-state index contributed by atoms with van der Waals surface area (Å²) in [5.41, 5.74) is 0.774. The molecule has 1 aromatic carbocycles. The summed E-state index contributed by atoms with van der Waals surface area (Å²) in [5, 5.41) is 2.91. The molecule has 3 rings (SSSR count). The average molecular weight is 370 g/mol. The number of rotatable bonds is 5. The lowest BCUT2D eigenvalue weighted by atomic mass is 10.1. The van der Waals surface area contributed by atoms with E-state index in [1.807, 2.05) is 13.8 Å². The first kappa shape index (κ1) is 18.0. The SMILES string of the molecule is C[C@H](NC(=O)[C@H]1CS[C@]2(C)CCC(=O)N12)c1ccc(OC(F)F)cc1. The predicted octanol–water partition coefficient (Wildman–Crippen LogP) is 2.92. The minimum absolute atomic E-state index is 0.0220. The van der Waals surface area contributed by atoms with Crippen LogP contribution in [0.25, 0.3) is 0 Å². The van der Waals surface area contributed by atoms with Gasteiger partial charge in [0.25, 0.3) is 0 Å². The molecule has 2 heterocycles. The van der Waals surface area contributed by atoms with Crippen molar-refractivity contribution in [1.82, 2.24) is 10.2 Å². The number of ether oxygens (including phenoxy) is 1. The molecule has 5 nitrogen and oxygen atoms in total. The zero-order valence-electron chi connectivity index (χ0n) is 14.0. The van der Waals surface area contributed by atoms with Crippen LogP contribution in [0.3, 0.4) is 0 Å². The van der Waals surface area contributed by atoms with Crippen molar-refractivity contribution in [2.24, 2.45) is 0 Å². The highest BCUT2D eigenvalue weighted by atomic mass is 32.2. The number of benzene rings is 1. The maximum absolute atomic E-state index is 12.6. The van der Waals surface area contributed by atoms with Crippen LogP contribution in [0.2, 0.25) is 0 Å². The average Bonchev–Trinajstić information content (AvgIpc) is 3.04. The summed E-state index contributed by atoms with van der Waals surface area (Å²) in [6, 6.07) is 5.39. The number of nitrogens with one attached hydrogen (secondary N) is 1. The van der Waals surface area contributed by atoms with E-state index in [9.17, 15) is 18.4 Å². The molecule has 2 amide bonds. The number of amides is 2. The summed E-state index contributed by atoms with van der Waals surface area (Å²) in [6.45, 7) is 0.949. The Bertz CT molecular complexity index is 670. The fourth-order valence-electron chi connectivity index (χ4n) is 3.35. The smallest absolute Gasteiger partial charge is 0.387 e. The van der Waals surface area contributed by atoms with E-state index in [0.717, 1.165) is 12.0 Å². The molecule has 2 aliphatic rings. The van der Waals surface area contributed by atoms with Gasteiger partial charge in [0.1, 0.15) is 11.8 Å². The van der Waals surface area contributed by atoms with Crippen LogP contribution in [-0.4, -0.2) is 40.0 Å². The summed E-state index contributed by atoms with van der Waals surface area (Å²) in [7, 11) is 0. The highest BCUT2D eigenvalue weighted by Crippen LogP contribution is 2.47. The maximum atomic E-state index is 12.6. The van der Waals surface area contributed by atoms with Gasteiger partial charge in [-0.15, -0.1) is 11.8 Å². The zero-order valence-corrected chi connectivity index (χ0v) is 14.8. The molecule has 1 aromatic rings. The highest BCUT2D eigenvalue weighted by Gasteiger charge is 2.52. The topological polar surface area (TPSA) is 58.6 Å². The monoisotopic (exact) mass is 370 g/mol. The van der Waals surface area contributed by atoms with Crippen molar-refractivity contribution in [2.45, 2.75) is 50.3 Å². The maximum Gasteiger partial charge on any atom is 0.387 e. The Labute approximate surface area is 149 Å². The van der Waals surface area contributed by atoms with Crippen LogP contribution in [0.4, 0.5) is 8.78 Å². The van der Waals surface area contributed by atoms with Crippen LogP contribution < -0.4 is 10.1 Å². The number of nitrogens with zero attached hydrogens (tertiary/aromatic N) is 1. The molecule has 3 atom stereocenters. The van der Waals surface area contributed by atoms with Gasteiger partial charge in [0.15, 0.2) is 0 Å². The van der Waals surface area contributed by atoms with E-state index < -0.39 is 12.7 Å². The van der Waals surface area contributed by atoms with Gasteiger partial charge in [0, 0.05) is 12.2 Å². The molecule has 0 unspecified atom stereocenters. The Morgan fingerprint density at radius 1 is 1.40 bits per heavy atom. The first-order chi connectivity index (χ1) is 11.8. The zero-order chi connectivity index (χ0) is 18.2. The molecular formula is C17H20F2N2O3S. The lowest BCUT2D eigenvalue weighted by Crippen LogP contribution is -2.50. The van der Waals surface area contributed by atoms with Gasteiger partial charge in [-0.25, -0.2) is 0 Å². The second-order valence-corrected chi connectivity index (χ2v) is 7.94. The Hall–Kier alpha value is -1.83. The van der Waals surface area contributed by atoms with Crippen molar-refractivity contribution in [3.8, 4) is 5.75 Å². The quantitative estimate of drug-likeness (QED) is 0.866. The Balaban J connectivity index is 1.64. The Morgan fingerprint density at radius 3 is 2.72 bits per heavy atom. The number of carbonyl (C=O) groups is 2. The highest BCUT2D eigenvalue weighted by molar-refractivity contribution is 8.01. The molecule has 0 aromatic heterocycles. The molecular weight excluding hydrogens is 350 g/mol. The van der Waals surface area contributed by atoms with Crippen molar-refractivity contribution in [1.29, 1.82) is 0 Å². The van der Waals surface area contributed by atoms with E-state index in [1.54, 1.807) is 28.8 Å². The van der Waals surface area contributed by atoms with Crippen LogP contribution in [0.15, 0.2) is 24.3 Å². The molecule has 0 spiro atoms. The summed E-state index contributed by atoms with van der Waals surface area (Å²) >= 11 is 1.64. The molecule has 1 N–H and O–H groups in total. The number of alkyl halides is 2. The van der Waals surface area contributed by atoms with Crippen LogP contribution in [0, 0.1) is 0 Å². The summed E-state index contributed by atoms with van der Waals surface area (Å²) in [5.74, 6) is 0.491. The van der Waals surface area contributed by atoms with Gasteiger partial charge in [0.2, 0.25) is 11.8 Å². The van der Waals surface area contributed by atoms with E-state index in [0.29, 0.717) is 12.2 Å². The van der Waals surface area contributed by atoms with Crippen LogP contribution in [0.1, 0.15) is 38.3 Å². The third kappa shape index (κ3) is 3.58. The second-order valence-electron chi connectivity index (χ2n) is 6.44. The van der Waals surface area contributed by atoms with E-state index in [2.05, 4.69) is 10.1 Å². The largest absolute Gasteiger partial charge is 0.435 e. The van der Waals surface area contributed by atoms with Crippen molar-refractivity contribution in [3.05, 3.63) is 29.8 Å². The molecule has 0 radical (unpaired) electrons. The molecule has 2 saturated heterocycles. The molecule has 2 fully saturated rings. The minimum Gasteiger partial charge on any atom is -0.435 e. The molecule has 8 heteroatoms. The van der Waals surface area contributed by atoms with Crippen molar-refractivity contribution in [2.75, 3.05) is 5.75 Å². The molecule has 0 bridgehead atoms. The fraction of sp³-hybridized carbons (Fsp3) is 0.529. The third-order valence-electron chi connectivity index (χ3n) is 4.71. The molecule has 25 heavy (non-hydrogen) atoms. The lowest BCUT2D eigenvalue weighted by molar-refractivity contribution is -0.138. The van der Waals surface area contributed by atoms with Gasteiger partial charge in [-0.3, -0.25) is 9.59 Å². The molecule has 0 saturated carbocycles. The number of hydrogen-bond acceptors (Lipinski definition) is 4. The Morgan fingerprint density at radius 2 is 2.08 bits per heavy atom. The molecule has 136 valence electrons. The van der Waals surface area contributed by atoms with Gasteiger partial charge in [-0.1, -0.05) is 12.1 Å². The minimum atomic E-state index is -2.87. The number of fused-ring (bicyclic) bond motifs is 1. The van der Waals surface area contributed by atoms with Crippen molar-refractivity contribution in [3.63, 3.8) is 0 Å². The standard InChI is InChI=1S/C17H20F2N2O3S/c1-10(11-3-5-12(6-4-11)24-16(18)19)20-15(23)13-9-25-17(2)8-7-14(22)21(13)17/h3-6,10,13,16H,7-9H2,1-2H3,(H,20,23)/t10-,13+,17+/m0/s1. The second kappa shape index (κ2) is 6.82. The van der Waals surface area contributed by atoms with Crippen LogP contribution >= 0.6 is 11.8 Å². The van der Waals surface area contributed by atoms with Crippen LogP contribution in [-0.2, 0) is 9.59 Å². The Kier molecular flexibility index (Phi) is 4.90. The summed E-state index contributed by atoms with van der Waals surface area (Å²) in [6.07, 6.45) is 1.25. The van der Waals surface area contributed by atoms with E-state index in [1.165, 1.54) is 12.1 Å². The first-order valence-corrected chi connectivity index (χ1v) is 9.10. The van der Waals surface area contributed by atoms with Gasteiger partial charge in [0.05, 0.1) is 10.9 Å². The number of halogens is 2. The summed E-state index contributed by atoms with van der Waals surface area (Å²) < 4.78 is 28.7. The van der Waals surface area contributed by atoms with E-state index in [-0.39, 0.29) is 28.5 Å². The van der Waals surface area contributed by atoms with Gasteiger partial charge < -0.3 is 15.0 Å². The molecule has 0 aliphatic carbocycles. The van der Waals surface area contributed by atoms with Gasteiger partial charge in [-0.05, 0) is 38.0 Å². The van der Waals surface area contributed by atoms with Crippen LogP contribution in [0.5, 0.6) is 5.75 Å². The fourth-order valence-corrected chi connectivity index (χ4v) is 4.78.